The first-order chi connectivity index (χ1) is 6.92. The molecule has 1 aliphatic rings. The summed E-state index contributed by atoms with van der Waals surface area (Å²) in [6.45, 7) is 2.22. The van der Waals surface area contributed by atoms with E-state index in [1.807, 2.05) is 12.4 Å². The molecule has 1 nitrogen and oxygen atoms in total. The van der Waals surface area contributed by atoms with Crippen LogP contribution in [0.4, 0.5) is 0 Å². The molecule has 1 saturated heterocycles. The molecule has 76 valence electrons. The molecule has 0 amide bonds. The van der Waals surface area contributed by atoms with Gasteiger partial charge in [0.2, 0.25) is 0 Å². The zero-order valence-electron chi connectivity index (χ0n) is 8.70. The van der Waals surface area contributed by atoms with E-state index in [4.69, 9.17) is 0 Å². The zero-order chi connectivity index (χ0) is 9.80. The topological polar surface area (TPSA) is 12.9 Å². The Labute approximate surface area is 90.3 Å². The van der Waals surface area contributed by atoms with E-state index in [2.05, 4.69) is 29.7 Å². The molecule has 2 heterocycles. The second-order valence-corrected chi connectivity index (χ2v) is 5.04. The number of aryl methyl sites for hydroxylation is 1. The quantitative estimate of drug-likeness (QED) is 0.738. The third kappa shape index (κ3) is 2.11. The Kier molecular flexibility index (Phi) is 3.46. The summed E-state index contributed by atoms with van der Waals surface area (Å²) in [6.07, 6.45) is 7.80. The minimum absolute atomic E-state index is 0.800. The summed E-state index contributed by atoms with van der Waals surface area (Å²) >= 11 is 2.09. The van der Waals surface area contributed by atoms with E-state index in [1.54, 1.807) is 5.56 Å². The molecule has 0 aromatic carbocycles. The molecule has 0 radical (unpaired) electrons. The molecule has 1 fully saturated rings. The molecule has 1 aromatic heterocycles. The Hall–Kier alpha value is -0.500. The Morgan fingerprint density at radius 1 is 1.43 bits per heavy atom. The van der Waals surface area contributed by atoms with Crippen molar-refractivity contribution in [1.82, 2.24) is 4.98 Å². The van der Waals surface area contributed by atoms with Crippen LogP contribution >= 0.6 is 11.8 Å². The molecule has 1 aliphatic heterocycles. The molecule has 0 spiro atoms. The van der Waals surface area contributed by atoms with Crippen molar-refractivity contribution in [3.8, 4) is 0 Å². The molecule has 0 N–H and O–H groups in total. The summed E-state index contributed by atoms with van der Waals surface area (Å²) in [5.74, 6) is 3.46. The fraction of sp³-hybridized carbons (Fsp3) is 0.583. The lowest BCUT2D eigenvalue weighted by Crippen LogP contribution is -2.10. The van der Waals surface area contributed by atoms with Crippen LogP contribution in [0.3, 0.4) is 0 Å². The molecular weight excluding hydrogens is 190 g/mol. The van der Waals surface area contributed by atoms with Crippen molar-refractivity contribution in [3.05, 3.63) is 29.6 Å². The van der Waals surface area contributed by atoms with Crippen LogP contribution in [0.15, 0.2) is 18.5 Å². The lowest BCUT2D eigenvalue weighted by Gasteiger charge is -2.23. The van der Waals surface area contributed by atoms with E-state index in [1.165, 1.54) is 29.9 Å². The predicted molar refractivity (Wildman–Crippen MR) is 62.9 cm³/mol. The van der Waals surface area contributed by atoms with Gasteiger partial charge in [0.05, 0.1) is 0 Å². The van der Waals surface area contributed by atoms with Gasteiger partial charge in [-0.05, 0) is 53.9 Å². The van der Waals surface area contributed by atoms with Gasteiger partial charge in [0.25, 0.3) is 0 Å². The maximum Gasteiger partial charge on any atom is 0.0302 e. The summed E-state index contributed by atoms with van der Waals surface area (Å²) in [7, 11) is 0. The van der Waals surface area contributed by atoms with E-state index >= 15 is 0 Å². The Morgan fingerprint density at radius 3 is 2.93 bits per heavy atom. The van der Waals surface area contributed by atoms with Gasteiger partial charge >= 0.3 is 0 Å². The number of rotatable bonds is 2. The van der Waals surface area contributed by atoms with Gasteiger partial charge in [-0.3, -0.25) is 4.98 Å². The maximum atomic E-state index is 4.21. The molecule has 0 unspecified atom stereocenters. The fourth-order valence-corrected chi connectivity index (χ4v) is 3.25. The zero-order valence-corrected chi connectivity index (χ0v) is 9.52. The van der Waals surface area contributed by atoms with Crippen molar-refractivity contribution in [3.63, 3.8) is 0 Å². The number of hydrogen-bond acceptors (Lipinski definition) is 2. The van der Waals surface area contributed by atoms with Gasteiger partial charge < -0.3 is 0 Å². The highest BCUT2D eigenvalue weighted by Crippen LogP contribution is 2.32. The van der Waals surface area contributed by atoms with Gasteiger partial charge in [-0.25, -0.2) is 0 Å². The molecule has 0 saturated carbocycles. The largest absolute Gasteiger partial charge is 0.264 e. The minimum atomic E-state index is 0.800. The van der Waals surface area contributed by atoms with Gasteiger partial charge in [-0.15, -0.1) is 0 Å². The standard InChI is InChI=1S/C12H17NS/c1-2-10-9-13-6-3-12(10)11-4-7-14-8-5-11/h3,6,9,11H,2,4-5,7-8H2,1H3. The summed E-state index contributed by atoms with van der Waals surface area (Å²) in [5.41, 5.74) is 3.01. The van der Waals surface area contributed by atoms with Crippen LogP contribution in [0.2, 0.25) is 0 Å². The predicted octanol–water partition coefficient (Wildman–Crippen LogP) is 3.25. The molecule has 0 aliphatic carbocycles. The van der Waals surface area contributed by atoms with Gasteiger partial charge in [0.1, 0.15) is 0 Å². The Morgan fingerprint density at radius 2 is 2.21 bits per heavy atom. The SMILES string of the molecule is CCc1cnccc1C1CCSCC1. The van der Waals surface area contributed by atoms with E-state index in [0.29, 0.717) is 0 Å². The first-order valence-corrected chi connectivity index (χ1v) is 6.57. The van der Waals surface area contributed by atoms with E-state index in [9.17, 15) is 0 Å². The van der Waals surface area contributed by atoms with Crippen LogP contribution in [0.5, 0.6) is 0 Å². The van der Waals surface area contributed by atoms with Crippen molar-refractivity contribution in [1.29, 1.82) is 0 Å². The highest BCUT2D eigenvalue weighted by molar-refractivity contribution is 7.99. The Bertz CT molecular complexity index is 292. The minimum Gasteiger partial charge on any atom is -0.264 e. The van der Waals surface area contributed by atoms with Crippen LogP contribution in [0.25, 0.3) is 0 Å². The van der Waals surface area contributed by atoms with E-state index < -0.39 is 0 Å². The third-order valence-electron chi connectivity index (χ3n) is 2.98. The fourth-order valence-electron chi connectivity index (χ4n) is 2.14. The number of thioether (sulfide) groups is 1. The molecular formula is C12H17NS. The van der Waals surface area contributed by atoms with E-state index in [-0.39, 0.29) is 0 Å². The molecule has 2 heteroatoms. The van der Waals surface area contributed by atoms with Gasteiger partial charge in [-0.1, -0.05) is 6.92 Å². The monoisotopic (exact) mass is 207 g/mol. The highest BCUT2D eigenvalue weighted by atomic mass is 32.2. The molecule has 0 bridgehead atoms. The Balaban J connectivity index is 2.20. The first kappa shape index (κ1) is 10.0. The van der Waals surface area contributed by atoms with Crippen molar-refractivity contribution in [2.24, 2.45) is 0 Å². The average Bonchev–Trinajstić information content (AvgIpc) is 2.30. The smallest absolute Gasteiger partial charge is 0.0302 e. The second kappa shape index (κ2) is 4.83. The summed E-state index contributed by atoms with van der Waals surface area (Å²) in [4.78, 5) is 4.21. The molecule has 1 aromatic rings. The van der Waals surface area contributed by atoms with Crippen LogP contribution in [-0.2, 0) is 6.42 Å². The number of aromatic nitrogens is 1. The van der Waals surface area contributed by atoms with Crippen LogP contribution in [0.1, 0.15) is 36.8 Å². The lowest BCUT2D eigenvalue weighted by molar-refractivity contribution is 0.630. The lowest BCUT2D eigenvalue weighted by atomic mass is 9.90. The van der Waals surface area contributed by atoms with Gasteiger partial charge in [0, 0.05) is 12.4 Å². The average molecular weight is 207 g/mol. The summed E-state index contributed by atoms with van der Waals surface area (Å²) in [5, 5.41) is 0. The van der Waals surface area contributed by atoms with Crippen LogP contribution < -0.4 is 0 Å². The van der Waals surface area contributed by atoms with Crippen molar-refractivity contribution < 1.29 is 0 Å². The summed E-state index contributed by atoms with van der Waals surface area (Å²) in [6, 6.07) is 2.22. The molecule has 0 atom stereocenters. The third-order valence-corrected chi connectivity index (χ3v) is 4.03. The molecule has 14 heavy (non-hydrogen) atoms. The highest BCUT2D eigenvalue weighted by Gasteiger charge is 2.17. The van der Waals surface area contributed by atoms with Crippen molar-refractivity contribution in [2.75, 3.05) is 11.5 Å². The van der Waals surface area contributed by atoms with Gasteiger partial charge in [-0.2, -0.15) is 11.8 Å². The molecule has 2 rings (SSSR count). The van der Waals surface area contributed by atoms with Gasteiger partial charge in [0.15, 0.2) is 0 Å². The second-order valence-electron chi connectivity index (χ2n) is 3.81. The van der Waals surface area contributed by atoms with Crippen molar-refractivity contribution in [2.45, 2.75) is 32.1 Å². The van der Waals surface area contributed by atoms with Crippen molar-refractivity contribution >= 4 is 11.8 Å². The van der Waals surface area contributed by atoms with E-state index in [0.717, 1.165) is 12.3 Å². The first-order valence-electron chi connectivity index (χ1n) is 5.42. The summed E-state index contributed by atoms with van der Waals surface area (Å²) < 4.78 is 0. The van der Waals surface area contributed by atoms with Crippen LogP contribution in [0, 0.1) is 0 Å². The number of hydrogen-bond donors (Lipinski definition) is 0. The number of nitrogens with zero attached hydrogens (tertiary/aromatic N) is 1. The maximum absolute atomic E-state index is 4.21. The number of pyridine rings is 1. The normalized spacial score (nSPS) is 18.4. The van der Waals surface area contributed by atoms with Crippen LogP contribution in [-0.4, -0.2) is 16.5 Å².